The smallest absolute Gasteiger partial charge is 0.00226 e. The molecule has 0 bridgehead atoms. The summed E-state index contributed by atoms with van der Waals surface area (Å²) in [7, 11) is -10.5. The zero-order valence-corrected chi connectivity index (χ0v) is 51.8. The third kappa shape index (κ3) is 13.3. The van der Waals surface area contributed by atoms with E-state index in [-0.39, 0.29) is 70.6 Å². The summed E-state index contributed by atoms with van der Waals surface area (Å²) in [5, 5.41) is 37.9. The molecule has 2 atom stereocenters. The fraction of sp³-hybridized carbons (Fsp3) is 0.131. The molecule has 2 aliphatic rings. The Morgan fingerprint density at radius 1 is 0.521 bits per heavy atom. The molecule has 12 N–H and O–H groups in total. The fourth-order valence-electron chi connectivity index (χ4n) is 11.6. The molecule has 4 heterocycles. The van der Waals surface area contributed by atoms with Crippen LogP contribution in [0.2, 0.25) is 0 Å². The summed E-state index contributed by atoms with van der Waals surface area (Å²) in [6.07, 6.45) is -1.90. The van der Waals surface area contributed by atoms with Gasteiger partial charge in [0.2, 0.25) is 0 Å². The van der Waals surface area contributed by atoms with Gasteiger partial charge in [0.25, 0.3) is 11.8 Å². The van der Waals surface area contributed by atoms with Gasteiger partial charge in [-0.2, -0.15) is 0 Å². The number of nitrogens with one attached hydrogen (secondary N) is 6. The topological polar surface area (TPSA) is 416 Å². The van der Waals surface area contributed by atoms with E-state index < -0.39 is 92.3 Å². The van der Waals surface area contributed by atoms with Crippen molar-refractivity contribution in [3.63, 3.8) is 0 Å². The standard InChI is InChI=1S/C61H52Cl2N10O19P2/c62-25-35-27-70(51-23-45(39-5-1-3-7-41(39)55(35)51)68-60(77)89-29-31-9-15-49(72(79)80)53(17-31)91-93(83,84)85)57(74)47-21-33-19-37(11-13-43(33)66-47)64-59(76)65-38-12-14-44-34(20-38)22-48(67-44)58(75)71-28-36(26-63)56-42-8-4-2-6-40(42)46(24-52(56)71)69-61(78)90-30-32-10-16-50(73(81)82)54(18-32)92-94(86,87)88/h1-24,35-36,66-67,83-88,93-94H,25-30H2,(H,68,77)(H,69,78)(H2,64,65,76). The summed E-state index contributed by atoms with van der Waals surface area (Å²) >= 11 is 13.1. The minimum Gasteiger partial charge on any atom is -0.0290 e. The van der Waals surface area contributed by atoms with Crippen molar-refractivity contribution < 1.29 is 81.7 Å². The Kier molecular flexibility index (Phi) is 17.4. The van der Waals surface area contributed by atoms with Gasteiger partial charge < -0.3 is 20.6 Å². The fourth-order valence-corrected chi connectivity index (χ4v) is 13.0. The number of carbonyl (C=O) groups excluding carboxylic acids is 5. The molecule has 0 saturated carbocycles. The van der Waals surface area contributed by atoms with Gasteiger partial charge in [0.15, 0.2) is 0 Å². The first-order valence-electron chi connectivity index (χ1n) is 28.2. The second-order valence-corrected chi connectivity index (χ2v) is 25.1. The number of aromatic amines is 2. The van der Waals surface area contributed by atoms with Crippen LogP contribution in [0.1, 0.15) is 55.1 Å². The number of nitro groups is 2. The van der Waals surface area contributed by atoms with Crippen LogP contribution in [0.4, 0.5) is 59.9 Å². The predicted octanol–water partition coefficient (Wildman–Crippen LogP) is 11.4. The summed E-state index contributed by atoms with van der Waals surface area (Å²) in [6, 6.07) is 36.9. The van der Waals surface area contributed by atoms with E-state index in [0.29, 0.717) is 66.1 Å². The Morgan fingerprint density at radius 3 is 1.29 bits per heavy atom. The van der Waals surface area contributed by atoms with Gasteiger partial charge in [0.05, 0.1) is 0 Å². The number of anilines is 6. The van der Waals surface area contributed by atoms with Crippen LogP contribution in [0.3, 0.4) is 0 Å². The Morgan fingerprint density at radius 2 is 0.915 bits per heavy atom. The molecule has 0 aliphatic carbocycles. The molecule has 2 aromatic heterocycles. The molecule has 94 heavy (non-hydrogen) atoms. The van der Waals surface area contributed by atoms with E-state index in [1.54, 1.807) is 107 Å². The number of aromatic nitrogens is 2. The van der Waals surface area contributed by atoms with Gasteiger partial charge in [-0.3, -0.25) is 9.59 Å². The number of hydrogen-bond donors (Lipinski definition) is 12. The van der Waals surface area contributed by atoms with Crippen LogP contribution in [0, 0.1) is 20.2 Å². The Bertz CT molecular complexity index is 4500. The van der Waals surface area contributed by atoms with E-state index in [4.69, 9.17) is 32.7 Å². The van der Waals surface area contributed by atoms with E-state index in [1.807, 2.05) is 12.1 Å². The van der Waals surface area contributed by atoms with Crippen molar-refractivity contribution in [2.75, 3.05) is 55.9 Å². The Labute approximate surface area is 539 Å². The van der Waals surface area contributed by atoms with Crippen LogP contribution in [-0.2, 0) is 22.7 Å². The number of nitro benzene ring substituents is 2. The maximum atomic E-state index is 14.6. The molecule has 10 aromatic rings. The van der Waals surface area contributed by atoms with Gasteiger partial charge >= 0.3 is 330 Å². The van der Waals surface area contributed by atoms with Crippen molar-refractivity contribution in [3.05, 3.63) is 199 Å². The average Bonchev–Trinajstić information content (AvgIpc) is 1.57. The minimum absolute atomic E-state index is 0.146. The number of rotatable bonds is 18. The zero-order valence-electron chi connectivity index (χ0n) is 48.3. The summed E-state index contributed by atoms with van der Waals surface area (Å²) in [6.45, 7) is -0.549. The van der Waals surface area contributed by atoms with Crippen LogP contribution in [0.25, 0.3) is 43.4 Å². The van der Waals surface area contributed by atoms with Crippen LogP contribution in [-0.4, -0.2) is 104 Å². The maximum Gasteiger partial charge on any atom is 0.00226 e. The van der Waals surface area contributed by atoms with Gasteiger partial charge in [-0.05, 0) is 48.5 Å². The number of hydrogen-bond acceptors (Lipinski definition) is 19. The van der Waals surface area contributed by atoms with Gasteiger partial charge in [-0.15, -0.1) is 23.2 Å². The summed E-state index contributed by atoms with van der Waals surface area (Å²) in [5.41, 5.74) is 4.29. The molecule has 0 fully saturated rings. The summed E-state index contributed by atoms with van der Waals surface area (Å²) in [4.78, 5) is 157. The van der Waals surface area contributed by atoms with Crippen molar-refractivity contribution in [2.45, 2.75) is 25.0 Å². The molecule has 6 amide bonds. The van der Waals surface area contributed by atoms with E-state index >= 15 is 0 Å². The number of ether oxygens (including phenoxy) is 2. The minimum atomic E-state index is -5.24. The maximum absolute atomic E-state index is 14.6. The first-order chi connectivity index (χ1) is 44.9. The molecule has 0 radical (unpaired) electrons. The SMILES string of the molecule is O=C(Nc1ccc2[nH]c(C(=O)N3CC(CCl)c4c3cc(NC(=O)OCc3ccc([N+](=O)[O-])c(O[PH](O)(O)O)c3)c3ccccc43)cc2c1)Nc1ccc2[nH]c(C(=O)N3CC(CCl)c4c3cc(NC(=O)OCc3ccc([N+](=O)[O-])c(O[PH](O)(O)O)c3)c3ccccc43)cc2c1. The monoisotopic (exact) mass is 1360 g/mol. The van der Waals surface area contributed by atoms with E-state index in [1.165, 1.54) is 12.1 Å². The Hall–Kier alpha value is -10.3. The van der Waals surface area contributed by atoms with E-state index in [2.05, 4.69) is 40.3 Å². The first kappa shape index (κ1) is 63.8. The summed E-state index contributed by atoms with van der Waals surface area (Å²) < 4.78 is 20.1. The molecule has 484 valence electrons. The molecule has 0 saturated heterocycles. The second kappa shape index (κ2) is 25.7. The number of carbonyl (C=O) groups is 5. The number of alkyl halides is 2. The molecular weight excluding hydrogens is 1310 g/mol. The first-order valence-corrected chi connectivity index (χ1v) is 32.8. The number of urea groups is 1. The summed E-state index contributed by atoms with van der Waals surface area (Å²) in [5.74, 6) is -2.49. The molecule has 8 aromatic carbocycles. The van der Waals surface area contributed by atoms with Crippen LogP contribution >= 0.6 is 39.5 Å². The Balaban J connectivity index is 0.714. The van der Waals surface area contributed by atoms with Crippen molar-refractivity contribution in [1.82, 2.24) is 9.97 Å². The normalized spacial score (nSPS) is 14.7. The largest absolute Gasteiger partial charge is 0.0290 e. The molecular formula is C61H52Cl2N10O19P2. The average molecular weight is 1360 g/mol. The molecule has 33 heteroatoms. The zero-order chi connectivity index (χ0) is 66.5. The van der Waals surface area contributed by atoms with Crippen LogP contribution < -0.4 is 40.1 Å². The molecule has 29 nitrogen and oxygen atoms in total. The number of fused-ring (bicyclic) bond motifs is 8. The van der Waals surface area contributed by atoms with E-state index in [9.17, 15) is 73.6 Å². The van der Waals surface area contributed by atoms with Gasteiger partial charge in [-0.1, -0.05) is 12.1 Å². The molecule has 2 unspecified atom stereocenters. The number of halogens is 2. The van der Waals surface area contributed by atoms with Crippen molar-refractivity contribution in [2.24, 2.45) is 0 Å². The third-order valence-corrected chi connectivity index (χ3v) is 17.3. The van der Waals surface area contributed by atoms with Crippen molar-refractivity contribution >= 4 is 158 Å². The van der Waals surface area contributed by atoms with Crippen molar-refractivity contribution in [1.29, 1.82) is 0 Å². The quantitative estimate of drug-likeness (QED) is 0.0164. The number of nitrogens with zero attached hydrogens (tertiary/aromatic N) is 4. The van der Waals surface area contributed by atoms with E-state index in [0.717, 1.165) is 35.4 Å². The van der Waals surface area contributed by atoms with Gasteiger partial charge in [-0.25, -0.2) is 4.79 Å². The number of amides is 6. The van der Waals surface area contributed by atoms with Crippen LogP contribution in [0.5, 0.6) is 11.5 Å². The molecule has 12 rings (SSSR count). The molecule has 0 spiro atoms. The second-order valence-electron chi connectivity index (χ2n) is 21.8. The molecule has 2 aliphatic heterocycles. The number of benzene rings is 8. The third-order valence-electron chi connectivity index (χ3n) is 15.6. The van der Waals surface area contributed by atoms with Gasteiger partial charge in [0.1, 0.15) is 11.4 Å². The van der Waals surface area contributed by atoms with Crippen LogP contribution in [0.15, 0.2) is 146 Å². The number of H-pyrrole nitrogens is 2. The van der Waals surface area contributed by atoms with Crippen molar-refractivity contribution in [3.8, 4) is 11.5 Å². The van der Waals surface area contributed by atoms with Gasteiger partial charge in [0, 0.05) is 69.9 Å². The predicted molar refractivity (Wildman–Crippen MR) is 352 cm³/mol.